The lowest BCUT2D eigenvalue weighted by molar-refractivity contribution is 0.615. The first-order chi connectivity index (χ1) is 9.86. The molecule has 0 saturated heterocycles. The number of hydrogen-bond acceptors (Lipinski definition) is 4. The molecule has 0 radical (unpaired) electrons. The van der Waals surface area contributed by atoms with Crippen molar-refractivity contribution in [1.29, 1.82) is 0 Å². The van der Waals surface area contributed by atoms with Gasteiger partial charge >= 0.3 is 0 Å². The average Bonchev–Trinajstić information content (AvgIpc) is 2.95. The molecule has 3 aromatic rings. The molecule has 1 aromatic carbocycles. The normalized spacial score (nSPS) is 10.8. The summed E-state index contributed by atoms with van der Waals surface area (Å²) in [6.45, 7) is 0.716. The Kier molecular flexibility index (Phi) is 3.65. The van der Waals surface area contributed by atoms with Gasteiger partial charge in [0.1, 0.15) is 11.4 Å². The number of rotatable bonds is 5. The van der Waals surface area contributed by atoms with E-state index in [9.17, 15) is 0 Å². The summed E-state index contributed by atoms with van der Waals surface area (Å²) in [5.41, 5.74) is 8.69. The van der Waals surface area contributed by atoms with E-state index in [1.807, 2.05) is 24.3 Å². The van der Waals surface area contributed by atoms with Gasteiger partial charge in [0, 0.05) is 11.9 Å². The maximum Gasteiger partial charge on any atom is 0.141 e. The fraction of sp³-hybridized carbons (Fsp3) is 0.188. The zero-order valence-electron chi connectivity index (χ0n) is 11.2. The van der Waals surface area contributed by atoms with Crippen LogP contribution in [0, 0.1) is 0 Å². The number of aromatic nitrogens is 1. The van der Waals surface area contributed by atoms with Crippen LogP contribution in [0.15, 0.2) is 53.3 Å². The van der Waals surface area contributed by atoms with E-state index < -0.39 is 0 Å². The highest BCUT2D eigenvalue weighted by Gasteiger charge is 2.05. The standard InChI is InChI=1S/C16H17N3O/c17-8-2-4-12-3-1-5-13(11-12)19-16-14-7-10-20-15(14)6-9-18-16/h1,3,5-7,9-11H,2,4,8,17H2,(H,18,19). The Balaban J connectivity index is 1.85. The van der Waals surface area contributed by atoms with Gasteiger partial charge in [0.25, 0.3) is 0 Å². The summed E-state index contributed by atoms with van der Waals surface area (Å²) in [5, 5.41) is 4.33. The Morgan fingerprint density at radius 2 is 2.15 bits per heavy atom. The van der Waals surface area contributed by atoms with Crippen molar-refractivity contribution in [3.05, 3.63) is 54.4 Å². The third-order valence-corrected chi connectivity index (χ3v) is 3.24. The smallest absolute Gasteiger partial charge is 0.141 e. The molecule has 0 aliphatic rings. The molecule has 0 atom stereocenters. The second-order valence-electron chi connectivity index (χ2n) is 4.71. The van der Waals surface area contributed by atoms with E-state index >= 15 is 0 Å². The van der Waals surface area contributed by atoms with Crippen molar-refractivity contribution in [3.8, 4) is 0 Å². The molecule has 0 fully saturated rings. The van der Waals surface area contributed by atoms with Crippen molar-refractivity contribution in [3.63, 3.8) is 0 Å². The lowest BCUT2D eigenvalue weighted by atomic mass is 10.1. The molecule has 0 aliphatic heterocycles. The monoisotopic (exact) mass is 267 g/mol. The Hall–Kier alpha value is -2.33. The van der Waals surface area contributed by atoms with Gasteiger partial charge in [-0.15, -0.1) is 0 Å². The maximum absolute atomic E-state index is 5.55. The van der Waals surface area contributed by atoms with Gasteiger partial charge in [-0.2, -0.15) is 0 Å². The predicted molar refractivity (Wildman–Crippen MR) is 81.1 cm³/mol. The van der Waals surface area contributed by atoms with Crippen LogP contribution in [0.5, 0.6) is 0 Å². The van der Waals surface area contributed by atoms with Gasteiger partial charge in [0.05, 0.1) is 11.6 Å². The highest BCUT2D eigenvalue weighted by Crippen LogP contribution is 2.25. The largest absolute Gasteiger partial charge is 0.464 e. The van der Waals surface area contributed by atoms with Gasteiger partial charge in [0.15, 0.2) is 0 Å². The van der Waals surface area contributed by atoms with E-state index in [1.165, 1.54) is 5.56 Å². The number of nitrogens with two attached hydrogens (primary N) is 1. The molecule has 0 amide bonds. The van der Waals surface area contributed by atoms with Crippen LogP contribution >= 0.6 is 0 Å². The molecule has 0 saturated carbocycles. The number of nitrogens with one attached hydrogen (secondary N) is 1. The Morgan fingerprint density at radius 3 is 3.05 bits per heavy atom. The SMILES string of the molecule is NCCCc1cccc(Nc2nccc3occc23)c1. The highest BCUT2D eigenvalue weighted by molar-refractivity contribution is 5.89. The minimum absolute atomic E-state index is 0.716. The number of hydrogen-bond donors (Lipinski definition) is 2. The summed E-state index contributed by atoms with van der Waals surface area (Å²) >= 11 is 0. The number of aryl methyl sites for hydroxylation is 1. The van der Waals surface area contributed by atoms with Crippen molar-refractivity contribution in [2.24, 2.45) is 5.73 Å². The summed E-state index contributed by atoms with van der Waals surface area (Å²) in [4.78, 5) is 4.38. The number of benzene rings is 1. The molecule has 0 unspecified atom stereocenters. The van der Waals surface area contributed by atoms with Crippen LogP contribution in [-0.4, -0.2) is 11.5 Å². The van der Waals surface area contributed by atoms with Crippen LogP contribution in [0.3, 0.4) is 0 Å². The van der Waals surface area contributed by atoms with Gasteiger partial charge in [-0.1, -0.05) is 12.1 Å². The third-order valence-electron chi connectivity index (χ3n) is 3.24. The topological polar surface area (TPSA) is 64.1 Å². The van der Waals surface area contributed by atoms with Gasteiger partial charge in [-0.3, -0.25) is 0 Å². The molecule has 0 bridgehead atoms. The van der Waals surface area contributed by atoms with Crippen LogP contribution < -0.4 is 11.1 Å². The van der Waals surface area contributed by atoms with Crippen molar-refractivity contribution in [1.82, 2.24) is 4.98 Å². The number of pyridine rings is 1. The predicted octanol–water partition coefficient (Wildman–Crippen LogP) is 3.46. The molecule has 3 N–H and O–H groups in total. The second-order valence-corrected chi connectivity index (χ2v) is 4.71. The minimum atomic E-state index is 0.716. The molecular formula is C16H17N3O. The third kappa shape index (κ3) is 2.65. The Morgan fingerprint density at radius 1 is 1.20 bits per heavy atom. The number of nitrogens with zero attached hydrogens (tertiary/aromatic N) is 1. The summed E-state index contributed by atoms with van der Waals surface area (Å²) in [6, 6.07) is 12.1. The molecule has 2 aromatic heterocycles. The van der Waals surface area contributed by atoms with Crippen LogP contribution in [0.1, 0.15) is 12.0 Å². The van der Waals surface area contributed by atoms with Gasteiger partial charge in [-0.05, 0) is 49.2 Å². The first-order valence-electron chi connectivity index (χ1n) is 6.75. The zero-order chi connectivity index (χ0) is 13.8. The summed E-state index contributed by atoms with van der Waals surface area (Å²) in [6.07, 6.45) is 5.41. The van der Waals surface area contributed by atoms with Crippen LogP contribution in [0.4, 0.5) is 11.5 Å². The van der Waals surface area contributed by atoms with Crippen molar-refractivity contribution in [2.75, 3.05) is 11.9 Å². The Bertz CT molecular complexity index is 706. The van der Waals surface area contributed by atoms with Gasteiger partial charge in [0.2, 0.25) is 0 Å². The van der Waals surface area contributed by atoms with E-state index in [2.05, 4.69) is 22.4 Å². The molecular weight excluding hydrogens is 250 g/mol. The number of furan rings is 1. The van der Waals surface area contributed by atoms with E-state index in [0.717, 1.165) is 35.3 Å². The fourth-order valence-electron chi connectivity index (χ4n) is 2.24. The summed E-state index contributed by atoms with van der Waals surface area (Å²) < 4.78 is 5.38. The van der Waals surface area contributed by atoms with Crippen LogP contribution in [0.2, 0.25) is 0 Å². The van der Waals surface area contributed by atoms with Crippen LogP contribution in [-0.2, 0) is 6.42 Å². The first kappa shape index (κ1) is 12.7. The lowest BCUT2D eigenvalue weighted by Crippen LogP contribution is -2.00. The van der Waals surface area contributed by atoms with Gasteiger partial charge < -0.3 is 15.5 Å². The minimum Gasteiger partial charge on any atom is -0.464 e. The fourth-order valence-corrected chi connectivity index (χ4v) is 2.24. The van der Waals surface area contributed by atoms with Crippen molar-refractivity contribution in [2.45, 2.75) is 12.8 Å². The second kappa shape index (κ2) is 5.75. The van der Waals surface area contributed by atoms with Crippen molar-refractivity contribution < 1.29 is 4.42 Å². The number of fused-ring (bicyclic) bond motifs is 1. The summed E-state index contributed by atoms with van der Waals surface area (Å²) in [5.74, 6) is 0.812. The molecule has 4 nitrogen and oxygen atoms in total. The average molecular weight is 267 g/mol. The molecule has 0 aliphatic carbocycles. The van der Waals surface area contributed by atoms with Crippen molar-refractivity contribution >= 4 is 22.5 Å². The summed E-state index contributed by atoms with van der Waals surface area (Å²) in [7, 11) is 0. The van der Waals surface area contributed by atoms with E-state index in [4.69, 9.17) is 10.2 Å². The van der Waals surface area contributed by atoms with E-state index in [1.54, 1.807) is 12.5 Å². The zero-order valence-corrected chi connectivity index (χ0v) is 11.2. The number of anilines is 2. The molecule has 102 valence electrons. The molecule has 2 heterocycles. The first-order valence-corrected chi connectivity index (χ1v) is 6.75. The van der Waals surface area contributed by atoms with E-state index in [-0.39, 0.29) is 0 Å². The lowest BCUT2D eigenvalue weighted by Gasteiger charge is -2.08. The highest BCUT2D eigenvalue weighted by atomic mass is 16.3. The van der Waals surface area contributed by atoms with Crippen LogP contribution in [0.25, 0.3) is 11.0 Å². The molecule has 3 rings (SSSR count). The van der Waals surface area contributed by atoms with Gasteiger partial charge in [-0.25, -0.2) is 4.98 Å². The van der Waals surface area contributed by atoms with E-state index in [0.29, 0.717) is 6.54 Å². The molecule has 20 heavy (non-hydrogen) atoms. The maximum atomic E-state index is 5.55. The molecule has 4 heteroatoms. The quantitative estimate of drug-likeness (QED) is 0.743. The Labute approximate surface area is 117 Å². The molecule has 0 spiro atoms.